The highest BCUT2D eigenvalue weighted by Gasteiger charge is 2.38. The number of hydrogen-bond donors (Lipinski definition) is 2. The maximum absolute atomic E-state index is 12.4. The summed E-state index contributed by atoms with van der Waals surface area (Å²) in [7, 11) is 0. The fraction of sp³-hybridized carbons (Fsp3) is 0.231. The van der Waals surface area contributed by atoms with Gasteiger partial charge in [-0.15, -0.1) is 0 Å². The zero-order chi connectivity index (χ0) is 17.0. The molecule has 2 rings (SSSR count). The number of alkyl halides is 3. The van der Waals surface area contributed by atoms with E-state index in [4.69, 9.17) is 0 Å². The number of benzene rings is 1. The van der Waals surface area contributed by atoms with Crippen molar-refractivity contribution < 1.29 is 33.0 Å². The molecule has 0 radical (unpaired) electrons. The molecule has 23 heavy (non-hydrogen) atoms. The summed E-state index contributed by atoms with van der Waals surface area (Å²) in [6.07, 6.45) is -4.73. The Kier molecular flexibility index (Phi) is 4.74. The second-order valence-corrected chi connectivity index (χ2v) is 4.44. The van der Waals surface area contributed by atoms with Crippen LogP contribution in [0.5, 0.6) is 0 Å². The van der Waals surface area contributed by atoms with Crippen molar-refractivity contribution in [2.45, 2.75) is 6.18 Å². The maximum Gasteiger partial charge on any atom is 0.471 e. The number of amides is 1. The third-order valence-electron chi connectivity index (χ3n) is 2.74. The first-order valence-electron chi connectivity index (χ1n) is 6.46. The zero-order valence-electron chi connectivity index (χ0n) is 11.7. The summed E-state index contributed by atoms with van der Waals surface area (Å²) in [4.78, 5) is 26.5. The fourth-order valence-electron chi connectivity index (χ4n) is 1.64. The Hall–Kier alpha value is -2.75. The Morgan fingerprint density at radius 2 is 1.87 bits per heavy atom. The normalized spacial score (nSPS) is 11.3. The van der Waals surface area contributed by atoms with Crippen LogP contribution in [0.15, 0.2) is 28.8 Å². The van der Waals surface area contributed by atoms with Crippen molar-refractivity contribution in [3.63, 3.8) is 0 Å². The molecule has 0 aliphatic rings. The SMILES string of the molecule is [NH3+]CCNC(=O)C(=O)c1ccc(-c2noc(C(F)(F)F)n2)cc1. The molecular formula is C13H12F3N4O3+. The van der Waals surface area contributed by atoms with Crippen LogP contribution in [-0.4, -0.2) is 34.9 Å². The molecular weight excluding hydrogens is 317 g/mol. The minimum absolute atomic E-state index is 0.0925. The van der Waals surface area contributed by atoms with E-state index in [9.17, 15) is 22.8 Å². The first-order chi connectivity index (χ1) is 10.8. The number of hydrogen-bond acceptors (Lipinski definition) is 5. The lowest BCUT2D eigenvalue weighted by Gasteiger charge is -2.02. The number of carbonyl (C=O) groups excluding carboxylic acids is 2. The van der Waals surface area contributed by atoms with Gasteiger partial charge in [0.25, 0.3) is 5.91 Å². The summed E-state index contributed by atoms with van der Waals surface area (Å²) < 4.78 is 41.3. The summed E-state index contributed by atoms with van der Waals surface area (Å²) in [6.45, 7) is 0.711. The summed E-state index contributed by atoms with van der Waals surface area (Å²) in [5.41, 5.74) is 3.84. The monoisotopic (exact) mass is 329 g/mol. The van der Waals surface area contributed by atoms with Crippen molar-refractivity contribution in [3.05, 3.63) is 35.7 Å². The van der Waals surface area contributed by atoms with E-state index in [0.29, 0.717) is 6.54 Å². The molecule has 0 fully saturated rings. The van der Waals surface area contributed by atoms with Gasteiger partial charge < -0.3 is 15.6 Å². The van der Waals surface area contributed by atoms with Gasteiger partial charge in [0, 0.05) is 11.1 Å². The van der Waals surface area contributed by atoms with E-state index in [1.807, 2.05) is 0 Å². The lowest BCUT2D eigenvalue weighted by Crippen LogP contribution is -2.55. The average Bonchev–Trinajstić information content (AvgIpc) is 3.02. The molecule has 0 bridgehead atoms. The predicted octanol–water partition coefficient (Wildman–Crippen LogP) is 0.296. The van der Waals surface area contributed by atoms with Crippen LogP contribution in [0, 0.1) is 0 Å². The van der Waals surface area contributed by atoms with Gasteiger partial charge in [-0.3, -0.25) is 9.59 Å². The molecule has 10 heteroatoms. The van der Waals surface area contributed by atoms with Crippen LogP contribution >= 0.6 is 0 Å². The van der Waals surface area contributed by atoms with E-state index >= 15 is 0 Å². The number of ketones is 1. The second-order valence-electron chi connectivity index (χ2n) is 4.44. The fourth-order valence-corrected chi connectivity index (χ4v) is 1.64. The smallest absolute Gasteiger partial charge is 0.356 e. The summed E-state index contributed by atoms with van der Waals surface area (Å²) in [6, 6.07) is 5.25. The van der Waals surface area contributed by atoms with Gasteiger partial charge in [0.2, 0.25) is 11.6 Å². The minimum atomic E-state index is -4.73. The van der Waals surface area contributed by atoms with Gasteiger partial charge in [-0.25, -0.2) is 0 Å². The summed E-state index contributed by atoms with van der Waals surface area (Å²) in [5, 5.41) is 5.61. The number of Topliss-reactive ketones (excluding diaryl/α,β-unsaturated/α-hetero) is 1. The van der Waals surface area contributed by atoms with Crippen molar-refractivity contribution in [2.24, 2.45) is 0 Å². The quantitative estimate of drug-likeness (QED) is 0.605. The molecule has 7 nitrogen and oxygen atoms in total. The van der Waals surface area contributed by atoms with Crippen molar-refractivity contribution in [3.8, 4) is 11.4 Å². The summed E-state index contributed by atoms with van der Waals surface area (Å²) >= 11 is 0. The van der Waals surface area contributed by atoms with E-state index in [0.717, 1.165) is 0 Å². The Morgan fingerprint density at radius 3 is 2.39 bits per heavy atom. The first kappa shape index (κ1) is 16.6. The van der Waals surface area contributed by atoms with Gasteiger partial charge in [-0.2, -0.15) is 18.2 Å². The third-order valence-corrected chi connectivity index (χ3v) is 2.74. The van der Waals surface area contributed by atoms with Crippen LogP contribution in [0.3, 0.4) is 0 Å². The lowest BCUT2D eigenvalue weighted by atomic mass is 10.1. The molecule has 0 aliphatic heterocycles. The highest BCUT2D eigenvalue weighted by Crippen LogP contribution is 2.29. The molecule has 1 amide bonds. The van der Waals surface area contributed by atoms with Gasteiger partial charge in [0.15, 0.2) is 0 Å². The number of quaternary nitrogens is 1. The average molecular weight is 329 g/mol. The molecule has 1 aromatic heterocycles. The molecule has 0 saturated carbocycles. The standard InChI is InChI=1S/C13H11F3N4O3/c14-13(15,16)12-19-10(20-23-12)8-3-1-7(2-4-8)9(21)11(22)18-6-5-17/h1-4H,5-6,17H2,(H,18,22)/p+1. The van der Waals surface area contributed by atoms with Gasteiger partial charge in [0.05, 0.1) is 13.1 Å². The molecule has 2 aromatic rings. The number of aromatic nitrogens is 2. The van der Waals surface area contributed by atoms with Crippen molar-refractivity contribution in [1.82, 2.24) is 15.5 Å². The lowest BCUT2D eigenvalue weighted by molar-refractivity contribution is -0.364. The molecule has 4 N–H and O–H groups in total. The highest BCUT2D eigenvalue weighted by atomic mass is 19.4. The van der Waals surface area contributed by atoms with Crippen LogP contribution in [0.4, 0.5) is 13.2 Å². The van der Waals surface area contributed by atoms with E-state index in [1.165, 1.54) is 24.3 Å². The number of rotatable bonds is 5. The molecule has 0 unspecified atom stereocenters. The van der Waals surface area contributed by atoms with E-state index in [1.54, 1.807) is 0 Å². The molecule has 0 atom stereocenters. The number of carbonyl (C=O) groups is 2. The molecule has 122 valence electrons. The van der Waals surface area contributed by atoms with Gasteiger partial charge in [-0.1, -0.05) is 29.4 Å². The van der Waals surface area contributed by atoms with Gasteiger partial charge >= 0.3 is 12.1 Å². The Balaban J connectivity index is 2.15. The van der Waals surface area contributed by atoms with E-state index in [-0.39, 0.29) is 23.5 Å². The van der Waals surface area contributed by atoms with Gasteiger partial charge in [0.1, 0.15) is 0 Å². The van der Waals surface area contributed by atoms with Crippen LogP contribution < -0.4 is 11.1 Å². The molecule has 0 spiro atoms. The first-order valence-corrected chi connectivity index (χ1v) is 6.46. The predicted molar refractivity (Wildman–Crippen MR) is 69.8 cm³/mol. The van der Waals surface area contributed by atoms with Crippen molar-refractivity contribution >= 4 is 11.7 Å². The summed E-state index contributed by atoms with van der Waals surface area (Å²) in [5.74, 6) is -3.26. The maximum atomic E-state index is 12.4. The number of nitrogens with zero attached hydrogens (tertiary/aromatic N) is 2. The zero-order valence-corrected chi connectivity index (χ0v) is 11.7. The van der Waals surface area contributed by atoms with Gasteiger partial charge in [-0.05, 0) is 0 Å². The van der Waals surface area contributed by atoms with Crippen LogP contribution in [-0.2, 0) is 11.0 Å². The Bertz CT molecular complexity index is 710. The van der Waals surface area contributed by atoms with Crippen LogP contribution in [0.25, 0.3) is 11.4 Å². The van der Waals surface area contributed by atoms with E-state index < -0.39 is 23.8 Å². The van der Waals surface area contributed by atoms with Crippen LogP contribution in [0.1, 0.15) is 16.2 Å². The van der Waals surface area contributed by atoms with E-state index in [2.05, 4.69) is 25.7 Å². The topological polar surface area (TPSA) is 113 Å². The molecule has 0 saturated heterocycles. The van der Waals surface area contributed by atoms with Crippen molar-refractivity contribution in [1.29, 1.82) is 0 Å². The van der Waals surface area contributed by atoms with Crippen LogP contribution in [0.2, 0.25) is 0 Å². The number of nitrogens with one attached hydrogen (secondary N) is 1. The van der Waals surface area contributed by atoms with Crippen molar-refractivity contribution in [2.75, 3.05) is 13.1 Å². The Labute approximate surface area is 127 Å². The third kappa shape index (κ3) is 3.92. The number of halogens is 3. The molecule has 0 aliphatic carbocycles. The minimum Gasteiger partial charge on any atom is -0.356 e. The molecule has 1 aromatic carbocycles. The molecule has 1 heterocycles. The Morgan fingerprint density at radius 1 is 1.22 bits per heavy atom. The largest absolute Gasteiger partial charge is 0.471 e. The highest BCUT2D eigenvalue weighted by molar-refractivity contribution is 6.42. The second kappa shape index (κ2) is 6.57.